The fourth-order valence-electron chi connectivity index (χ4n) is 3.22. The number of alkyl halides is 2. The monoisotopic (exact) mass is 498 g/mol. The topological polar surface area (TPSA) is 89.4 Å². The van der Waals surface area contributed by atoms with Crippen molar-refractivity contribution >= 4 is 23.7 Å². The number of hydrogen-bond acceptors (Lipinski definition) is 4. The third-order valence-corrected chi connectivity index (χ3v) is 5.17. The van der Waals surface area contributed by atoms with Gasteiger partial charge in [0, 0.05) is 55.2 Å². The molecule has 194 valence electrons. The molecule has 0 aromatic heterocycles. The molecular weight excluding hydrogens is 462 g/mol. The van der Waals surface area contributed by atoms with Gasteiger partial charge in [0.25, 0.3) is 5.92 Å². The molecule has 0 fully saturated rings. The van der Waals surface area contributed by atoms with Crippen LogP contribution in [0, 0.1) is 6.92 Å². The van der Waals surface area contributed by atoms with Crippen LogP contribution in [0.25, 0.3) is 0 Å². The Kier molecular flexibility index (Phi) is 11.8. The fourth-order valence-corrected chi connectivity index (χ4v) is 3.22. The average Bonchev–Trinajstić information content (AvgIpc) is 2.85. The van der Waals surface area contributed by atoms with E-state index >= 15 is 0 Å². The second-order valence-electron chi connectivity index (χ2n) is 7.92. The lowest BCUT2D eigenvalue weighted by molar-refractivity contribution is 0.0174. The van der Waals surface area contributed by atoms with Crippen molar-refractivity contribution in [3.8, 4) is 5.75 Å². The van der Waals surface area contributed by atoms with Crippen LogP contribution >= 0.6 is 0 Å². The van der Waals surface area contributed by atoms with E-state index in [2.05, 4.69) is 15.0 Å². The van der Waals surface area contributed by atoms with Crippen LogP contribution in [0.5, 0.6) is 5.75 Å². The molecule has 0 aliphatic carbocycles. The maximum absolute atomic E-state index is 13.4. The molecule has 0 radical (unpaired) electrons. The molecule has 8 heteroatoms. The molecule has 0 heterocycles. The Labute approximate surface area is 212 Å². The van der Waals surface area contributed by atoms with Crippen LogP contribution in [0.2, 0.25) is 0 Å². The van der Waals surface area contributed by atoms with Gasteiger partial charge in [-0.3, -0.25) is 14.8 Å². The van der Waals surface area contributed by atoms with Crippen molar-refractivity contribution in [1.29, 1.82) is 0 Å². The van der Waals surface area contributed by atoms with Gasteiger partial charge in [0.1, 0.15) is 12.4 Å². The van der Waals surface area contributed by atoms with Gasteiger partial charge < -0.3 is 10.5 Å². The Morgan fingerprint density at radius 1 is 1.08 bits per heavy atom. The highest BCUT2D eigenvalue weighted by Crippen LogP contribution is 2.28. The van der Waals surface area contributed by atoms with E-state index in [0.717, 1.165) is 23.6 Å². The van der Waals surface area contributed by atoms with E-state index in [1.807, 2.05) is 34.6 Å². The van der Waals surface area contributed by atoms with Gasteiger partial charge in [-0.05, 0) is 68.3 Å². The molecule has 2 aromatic rings. The van der Waals surface area contributed by atoms with Crippen molar-refractivity contribution in [3.05, 3.63) is 75.9 Å². The summed E-state index contributed by atoms with van der Waals surface area (Å²) >= 11 is 0. The lowest BCUT2D eigenvalue weighted by atomic mass is 10.0. The Balaban J connectivity index is 0.00000316. The van der Waals surface area contributed by atoms with Crippen LogP contribution in [0.1, 0.15) is 61.7 Å². The summed E-state index contributed by atoms with van der Waals surface area (Å²) in [6, 6.07) is 10.9. The smallest absolute Gasteiger partial charge is 0.270 e. The zero-order valence-electron chi connectivity index (χ0n) is 22.3. The summed E-state index contributed by atoms with van der Waals surface area (Å²) < 4.78 is 32.6. The number of aryl methyl sites for hydroxylation is 1. The first-order valence-electron chi connectivity index (χ1n) is 11.6. The second-order valence-corrected chi connectivity index (χ2v) is 7.92. The number of hydrogen-bond donors (Lipinski definition) is 1. The molecule has 0 aliphatic rings. The minimum absolute atomic E-state index is 0.0732. The molecule has 0 atom stereocenters. The molecule has 0 aliphatic heterocycles. The van der Waals surface area contributed by atoms with Crippen molar-refractivity contribution in [2.24, 2.45) is 20.7 Å². The summed E-state index contributed by atoms with van der Waals surface area (Å²) in [6.45, 7) is 10.7. The average molecular weight is 499 g/mol. The molecule has 0 bridgehead atoms. The molecule has 0 spiro atoms. The van der Waals surface area contributed by atoms with Crippen molar-refractivity contribution in [1.82, 2.24) is 0 Å². The Hall–Kier alpha value is -3.68. The predicted molar refractivity (Wildman–Crippen MR) is 145 cm³/mol. The molecule has 2 rings (SSSR count). The summed E-state index contributed by atoms with van der Waals surface area (Å²) in [4.78, 5) is 24.7. The highest BCUT2D eigenvalue weighted by molar-refractivity contribution is 6.20. The first kappa shape index (κ1) is 30.4. The second kappa shape index (κ2) is 14.0. The maximum Gasteiger partial charge on any atom is 0.270 e. The number of primary amides is 1. The first-order chi connectivity index (χ1) is 17.0. The van der Waals surface area contributed by atoms with E-state index in [1.165, 1.54) is 24.3 Å². The molecule has 1 amide bonds. The predicted octanol–water partition coefficient (Wildman–Crippen LogP) is 6.17. The number of aliphatic imine (C=N–C) groups is 3. The van der Waals surface area contributed by atoms with E-state index in [9.17, 15) is 13.6 Å². The maximum atomic E-state index is 13.4. The summed E-state index contributed by atoms with van der Waals surface area (Å²) in [5.74, 6) is -2.50. The highest BCUT2D eigenvalue weighted by atomic mass is 19.3. The standard InChI is InChI=1S/C26H30F2N4O2.C2H6/c1-16-7-8-19(24(29)33)13-22(16)25(31-6)32-18(3)23(14-30-5)17(2)15-34-21-11-9-20(10-12-21)26(4,27)28;1-2/h7-14H,15H2,1-6H3,(H2,29,33);1-2H3/b23-17-,30-14?,31-25?,32-18?;. The van der Waals surface area contributed by atoms with Crippen LogP contribution in [-0.2, 0) is 5.92 Å². The van der Waals surface area contributed by atoms with Crippen LogP contribution in [0.15, 0.2) is 68.6 Å². The Morgan fingerprint density at radius 3 is 2.19 bits per heavy atom. The number of amides is 1. The van der Waals surface area contributed by atoms with Gasteiger partial charge >= 0.3 is 0 Å². The molecule has 2 N–H and O–H groups in total. The fraction of sp³-hybridized carbons (Fsp3) is 0.357. The first-order valence-corrected chi connectivity index (χ1v) is 11.6. The van der Waals surface area contributed by atoms with Crippen LogP contribution in [0.4, 0.5) is 8.78 Å². The van der Waals surface area contributed by atoms with E-state index in [4.69, 9.17) is 10.5 Å². The molecular formula is C28H36F2N4O2. The molecule has 0 saturated heterocycles. The largest absolute Gasteiger partial charge is 0.489 e. The number of amidine groups is 1. The minimum Gasteiger partial charge on any atom is -0.489 e. The van der Waals surface area contributed by atoms with Crippen molar-refractivity contribution < 1.29 is 18.3 Å². The molecule has 36 heavy (non-hydrogen) atoms. The zero-order chi connectivity index (χ0) is 27.5. The quantitative estimate of drug-likeness (QED) is 0.349. The third-order valence-electron chi connectivity index (χ3n) is 5.17. The van der Waals surface area contributed by atoms with E-state index in [1.54, 1.807) is 38.5 Å². The number of halogens is 2. The lowest BCUT2D eigenvalue weighted by Gasteiger charge is -2.13. The number of nitrogens with zero attached hydrogens (tertiary/aromatic N) is 3. The minimum atomic E-state index is -2.90. The number of ether oxygens (including phenoxy) is 1. The van der Waals surface area contributed by atoms with Crippen molar-refractivity contribution in [2.75, 3.05) is 20.7 Å². The highest BCUT2D eigenvalue weighted by Gasteiger charge is 2.23. The molecule has 2 aromatic carbocycles. The normalized spacial score (nSPS) is 13.2. The number of carbonyl (C=O) groups is 1. The van der Waals surface area contributed by atoms with Gasteiger partial charge in [0.15, 0.2) is 5.84 Å². The van der Waals surface area contributed by atoms with Crippen molar-refractivity contribution in [3.63, 3.8) is 0 Å². The SMILES string of the molecule is CC.CN=C/C(C(C)=NC(=NC)c1cc(C(N)=O)ccc1C)=C(\C)COc1ccc(C(C)(F)F)cc1. The number of nitrogens with two attached hydrogens (primary N) is 1. The van der Waals surface area contributed by atoms with Gasteiger partial charge in [-0.15, -0.1) is 0 Å². The summed E-state index contributed by atoms with van der Waals surface area (Å²) in [7, 11) is 3.28. The summed E-state index contributed by atoms with van der Waals surface area (Å²) in [5, 5.41) is 0. The van der Waals surface area contributed by atoms with Gasteiger partial charge in [0.05, 0.1) is 0 Å². The number of benzene rings is 2. The number of carbonyl (C=O) groups excluding carboxylic acids is 1. The van der Waals surface area contributed by atoms with Gasteiger partial charge in [-0.1, -0.05) is 19.9 Å². The zero-order valence-corrected chi connectivity index (χ0v) is 22.3. The van der Waals surface area contributed by atoms with Gasteiger partial charge in [-0.25, -0.2) is 13.8 Å². The Morgan fingerprint density at radius 2 is 1.69 bits per heavy atom. The van der Waals surface area contributed by atoms with Crippen LogP contribution < -0.4 is 10.5 Å². The summed E-state index contributed by atoms with van der Waals surface area (Å²) in [5.41, 5.74) is 9.57. The lowest BCUT2D eigenvalue weighted by Crippen LogP contribution is -2.14. The van der Waals surface area contributed by atoms with Gasteiger partial charge in [0.2, 0.25) is 5.91 Å². The number of rotatable bonds is 8. The van der Waals surface area contributed by atoms with Crippen LogP contribution in [0.3, 0.4) is 0 Å². The molecule has 0 saturated carbocycles. The van der Waals surface area contributed by atoms with Crippen molar-refractivity contribution in [2.45, 2.75) is 47.5 Å². The molecule has 0 unspecified atom stereocenters. The Bertz CT molecular complexity index is 1160. The number of allylic oxidation sites excluding steroid dienone is 1. The summed E-state index contributed by atoms with van der Waals surface area (Å²) in [6.07, 6.45) is 1.68. The van der Waals surface area contributed by atoms with E-state index < -0.39 is 11.8 Å². The van der Waals surface area contributed by atoms with Gasteiger partial charge in [-0.2, -0.15) is 0 Å². The third kappa shape index (κ3) is 8.52. The van der Waals surface area contributed by atoms with Crippen LogP contribution in [-0.4, -0.2) is 44.4 Å². The van der Waals surface area contributed by atoms with E-state index in [0.29, 0.717) is 28.4 Å². The van der Waals surface area contributed by atoms with E-state index in [-0.39, 0.29) is 12.2 Å². The molecule has 6 nitrogen and oxygen atoms in total.